The van der Waals surface area contributed by atoms with Gasteiger partial charge in [0.2, 0.25) is 0 Å². The predicted octanol–water partition coefficient (Wildman–Crippen LogP) is 0.697. The van der Waals surface area contributed by atoms with Crippen molar-refractivity contribution < 1.29 is 9.84 Å². The molecule has 2 nitrogen and oxygen atoms in total. The van der Waals surface area contributed by atoms with Crippen molar-refractivity contribution in [2.24, 2.45) is 0 Å². The zero-order valence-corrected chi connectivity index (χ0v) is 6.54. The monoisotopic (exact) mass is 192 g/mol. The number of hydrogen-bond donors (Lipinski definition) is 1. The second-order valence-corrected chi connectivity index (χ2v) is 3.10. The third kappa shape index (κ3) is 1.78. The van der Waals surface area contributed by atoms with E-state index in [1.165, 1.54) is 0 Å². The molecule has 0 bridgehead atoms. The Kier molecular flexibility index (Phi) is 2.69. The third-order valence-electron chi connectivity index (χ3n) is 1.24. The van der Waals surface area contributed by atoms with E-state index in [4.69, 9.17) is 9.84 Å². The van der Waals surface area contributed by atoms with Gasteiger partial charge in [-0.2, -0.15) is 0 Å². The van der Waals surface area contributed by atoms with Crippen molar-refractivity contribution in [1.29, 1.82) is 0 Å². The van der Waals surface area contributed by atoms with E-state index in [-0.39, 0.29) is 17.5 Å². The van der Waals surface area contributed by atoms with Crippen molar-refractivity contribution in [3.63, 3.8) is 0 Å². The Hall–Kier alpha value is 0.140. The van der Waals surface area contributed by atoms with Crippen LogP contribution in [0, 0.1) is 0 Å². The van der Waals surface area contributed by atoms with Crippen molar-refractivity contribution in [3.8, 4) is 0 Å². The molecule has 0 aromatic heterocycles. The average molecular weight is 193 g/mol. The molecule has 52 valence electrons. The summed E-state index contributed by atoms with van der Waals surface area (Å²) in [4.78, 5) is 0.0521. The lowest BCUT2D eigenvalue weighted by molar-refractivity contribution is 0.110. The van der Waals surface area contributed by atoms with E-state index in [0.29, 0.717) is 6.61 Å². The van der Waals surface area contributed by atoms with Crippen molar-refractivity contribution in [1.82, 2.24) is 0 Å². The topological polar surface area (TPSA) is 29.5 Å². The molecule has 0 aromatic rings. The van der Waals surface area contributed by atoms with Gasteiger partial charge in [-0.05, 0) is 0 Å². The van der Waals surface area contributed by atoms with Crippen molar-refractivity contribution in [2.45, 2.75) is 10.9 Å². The Labute approximate surface area is 62.6 Å². The lowest BCUT2D eigenvalue weighted by Gasteiger charge is -2.11. The first kappa shape index (κ1) is 7.25. The fraction of sp³-hybridized carbons (Fsp3) is 0.667. The highest BCUT2D eigenvalue weighted by Gasteiger charge is 2.17. The number of rotatable bonds is 2. The molecule has 3 heteroatoms. The smallest absolute Gasteiger partial charge is 0.0908 e. The second kappa shape index (κ2) is 3.34. The number of aliphatic hydroxyl groups excluding tert-OH is 1. The second-order valence-electron chi connectivity index (χ2n) is 1.92. The molecular formula is C6H9BrO2. The van der Waals surface area contributed by atoms with Gasteiger partial charge in [0.1, 0.15) is 0 Å². The molecule has 1 heterocycles. The summed E-state index contributed by atoms with van der Waals surface area (Å²) in [5, 5.41) is 8.63. The van der Waals surface area contributed by atoms with Crippen LogP contribution in [0.25, 0.3) is 0 Å². The van der Waals surface area contributed by atoms with Gasteiger partial charge in [0.25, 0.3) is 0 Å². The molecule has 2 atom stereocenters. The van der Waals surface area contributed by atoms with E-state index in [1.807, 2.05) is 12.2 Å². The maximum Gasteiger partial charge on any atom is 0.0908 e. The molecule has 0 radical (unpaired) electrons. The minimum Gasteiger partial charge on any atom is -0.395 e. The lowest BCUT2D eigenvalue weighted by atomic mass is 10.3. The number of aliphatic hydroxyl groups is 1. The van der Waals surface area contributed by atoms with Gasteiger partial charge in [0, 0.05) is 0 Å². The summed E-state index contributed by atoms with van der Waals surface area (Å²) < 4.78 is 5.19. The Morgan fingerprint density at radius 3 is 3.11 bits per heavy atom. The fourth-order valence-electron chi connectivity index (χ4n) is 0.741. The predicted molar refractivity (Wildman–Crippen MR) is 38.7 cm³/mol. The Morgan fingerprint density at radius 1 is 1.89 bits per heavy atom. The van der Waals surface area contributed by atoms with Crippen LogP contribution in [0.2, 0.25) is 0 Å². The Morgan fingerprint density at radius 2 is 2.67 bits per heavy atom. The summed E-state index contributed by atoms with van der Waals surface area (Å²) in [7, 11) is 0. The maximum absolute atomic E-state index is 8.63. The number of halogens is 1. The van der Waals surface area contributed by atoms with Gasteiger partial charge in [0.05, 0.1) is 24.1 Å². The molecule has 0 spiro atoms. The highest BCUT2D eigenvalue weighted by Crippen LogP contribution is 2.14. The van der Waals surface area contributed by atoms with Crippen molar-refractivity contribution in [2.75, 3.05) is 13.2 Å². The molecule has 1 aliphatic heterocycles. The van der Waals surface area contributed by atoms with Crippen LogP contribution in [0.5, 0.6) is 0 Å². The summed E-state index contributed by atoms with van der Waals surface area (Å²) >= 11 is 3.28. The van der Waals surface area contributed by atoms with Crippen LogP contribution in [0.3, 0.4) is 0 Å². The van der Waals surface area contributed by atoms with Gasteiger partial charge in [-0.25, -0.2) is 0 Å². The fourth-order valence-corrected chi connectivity index (χ4v) is 1.07. The molecule has 0 saturated heterocycles. The highest BCUT2D eigenvalue weighted by atomic mass is 79.9. The lowest BCUT2D eigenvalue weighted by Crippen LogP contribution is -2.22. The summed E-state index contributed by atoms with van der Waals surface area (Å²) in [5.41, 5.74) is 0. The van der Waals surface area contributed by atoms with E-state index in [0.717, 1.165) is 0 Å². The average Bonchev–Trinajstić information content (AvgIpc) is 2.37. The highest BCUT2D eigenvalue weighted by molar-refractivity contribution is 9.09. The van der Waals surface area contributed by atoms with Crippen molar-refractivity contribution in [3.05, 3.63) is 12.2 Å². The quantitative estimate of drug-likeness (QED) is 0.516. The zero-order chi connectivity index (χ0) is 6.69. The Bertz CT molecular complexity index is 114. The van der Waals surface area contributed by atoms with Gasteiger partial charge in [-0.15, -0.1) is 0 Å². The first-order valence-electron chi connectivity index (χ1n) is 2.88. The number of alkyl halides is 1. The first-order chi connectivity index (χ1) is 4.34. The van der Waals surface area contributed by atoms with Crippen LogP contribution in [-0.4, -0.2) is 29.3 Å². The van der Waals surface area contributed by atoms with Crippen LogP contribution >= 0.6 is 15.9 Å². The van der Waals surface area contributed by atoms with Gasteiger partial charge in [-0.3, -0.25) is 0 Å². The Balaban J connectivity index is 2.33. The number of ether oxygens (including phenoxy) is 1. The van der Waals surface area contributed by atoms with Crippen molar-refractivity contribution >= 4 is 15.9 Å². The molecule has 0 saturated carbocycles. The maximum atomic E-state index is 8.63. The van der Waals surface area contributed by atoms with Gasteiger partial charge >= 0.3 is 0 Å². The van der Waals surface area contributed by atoms with Crippen LogP contribution < -0.4 is 0 Å². The van der Waals surface area contributed by atoms with Crippen LogP contribution in [0.15, 0.2) is 12.2 Å². The van der Waals surface area contributed by atoms with E-state index >= 15 is 0 Å². The standard InChI is InChI=1S/C6H9BrO2/c7-5(4-8)6-2-1-3-9-6/h1-2,5-6,8H,3-4H2/t5-,6-/m0/s1. The summed E-state index contributed by atoms with van der Waals surface area (Å²) in [5.74, 6) is 0. The molecule has 0 fully saturated rings. The largest absolute Gasteiger partial charge is 0.395 e. The van der Waals surface area contributed by atoms with Gasteiger partial charge < -0.3 is 9.84 Å². The zero-order valence-electron chi connectivity index (χ0n) is 4.96. The van der Waals surface area contributed by atoms with Crippen LogP contribution in [0.4, 0.5) is 0 Å². The third-order valence-corrected chi connectivity index (χ3v) is 2.05. The molecule has 1 rings (SSSR count). The SMILES string of the molecule is OC[C@H](Br)[C@@H]1C=CCO1. The molecule has 0 aliphatic carbocycles. The summed E-state index contributed by atoms with van der Waals surface area (Å²) in [6, 6.07) is 0. The number of hydrogen-bond acceptors (Lipinski definition) is 2. The van der Waals surface area contributed by atoms with E-state index in [2.05, 4.69) is 15.9 Å². The van der Waals surface area contributed by atoms with E-state index in [1.54, 1.807) is 0 Å². The van der Waals surface area contributed by atoms with E-state index in [9.17, 15) is 0 Å². The van der Waals surface area contributed by atoms with Gasteiger partial charge in [0.15, 0.2) is 0 Å². The van der Waals surface area contributed by atoms with Crippen LogP contribution in [0.1, 0.15) is 0 Å². The minimum absolute atomic E-state index is 0.0521. The minimum atomic E-state index is 0.0521. The first-order valence-corrected chi connectivity index (χ1v) is 3.79. The van der Waals surface area contributed by atoms with Gasteiger partial charge in [-0.1, -0.05) is 28.1 Å². The molecule has 0 amide bonds. The molecule has 1 aliphatic rings. The molecule has 0 aromatic carbocycles. The van der Waals surface area contributed by atoms with Crippen LogP contribution in [-0.2, 0) is 4.74 Å². The van der Waals surface area contributed by atoms with E-state index < -0.39 is 0 Å². The summed E-state index contributed by atoms with van der Waals surface area (Å²) in [6.45, 7) is 0.793. The summed E-state index contributed by atoms with van der Waals surface area (Å²) in [6.07, 6.45) is 3.97. The molecular weight excluding hydrogens is 184 g/mol. The normalized spacial score (nSPS) is 28.9. The molecule has 9 heavy (non-hydrogen) atoms. The molecule has 0 unspecified atom stereocenters. The molecule has 1 N–H and O–H groups in total.